The van der Waals surface area contributed by atoms with Crippen LogP contribution in [0.2, 0.25) is 20.1 Å². The molecule has 92 valence electrons. The van der Waals surface area contributed by atoms with Crippen LogP contribution in [-0.2, 0) is 0 Å². The quantitative estimate of drug-likeness (QED) is 0.506. The van der Waals surface area contributed by atoms with Crippen LogP contribution in [0, 0.1) is 0 Å². The molecule has 0 saturated heterocycles. The van der Waals surface area contributed by atoms with Gasteiger partial charge in [0.15, 0.2) is 6.29 Å². The zero-order chi connectivity index (χ0) is 13.3. The maximum absolute atomic E-state index is 11.1. The van der Waals surface area contributed by atoms with E-state index in [1.54, 1.807) is 30.3 Å². The standard InChI is InChI=1S/C13H6Cl4O/c14-8-2-1-7(6-18)9(5-8)12-10(15)3-4-11(16)13(12)17/h1-6H. The molecule has 0 N–H and O–H groups in total. The normalized spacial score (nSPS) is 10.4. The minimum Gasteiger partial charge on any atom is -0.298 e. The number of carbonyl (C=O) groups is 1. The molecule has 5 heteroatoms. The summed E-state index contributed by atoms with van der Waals surface area (Å²) in [4.78, 5) is 11.1. The molecular formula is C13H6Cl4O. The number of hydrogen-bond acceptors (Lipinski definition) is 1. The molecule has 0 fully saturated rings. The van der Waals surface area contributed by atoms with Crippen molar-refractivity contribution in [1.29, 1.82) is 0 Å². The molecule has 0 spiro atoms. The van der Waals surface area contributed by atoms with Gasteiger partial charge in [-0.3, -0.25) is 4.79 Å². The number of benzene rings is 2. The summed E-state index contributed by atoms with van der Waals surface area (Å²) >= 11 is 24.1. The lowest BCUT2D eigenvalue weighted by molar-refractivity contribution is 0.112. The predicted octanol–water partition coefficient (Wildman–Crippen LogP) is 5.78. The first-order chi connectivity index (χ1) is 8.54. The highest BCUT2D eigenvalue weighted by molar-refractivity contribution is 6.46. The number of hydrogen-bond donors (Lipinski definition) is 0. The van der Waals surface area contributed by atoms with Crippen LogP contribution >= 0.6 is 46.4 Å². The molecule has 2 rings (SSSR count). The van der Waals surface area contributed by atoms with Gasteiger partial charge in [0.25, 0.3) is 0 Å². The minimum absolute atomic E-state index is 0.300. The van der Waals surface area contributed by atoms with E-state index in [9.17, 15) is 4.79 Å². The largest absolute Gasteiger partial charge is 0.298 e. The van der Waals surface area contributed by atoms with Gasteiger partial charge in [0, 0.05) is 16.1 Å². The van der Waals surface area contributed by atoms with Crippen molar-refractivity contribution < 1.29 is 4.79 Å². The van der Waals surface area contributed by atoms with Crippen LogP contribution in [-0.4, -0.2) is 6.29 Å². The van der Waals surface area contributed by atoms with Gasteiger partial charge in [-0.15, -0.1) is 0 Å². The van der Waals surface area contributed by atoms with E-state index in [-0.39, 0.29) is 0 Å². The average molecular weight is 320 g/mol. The highest BCUT2D eigenvalue weighted by Crippen LogP contribution is 2.40. The van der Waals surface area contributed by atoms with Gasteiger partial charge in [0.05, 0.1) is 15.1 Å². The summed E-state index contributed by atoms with van der Waals surface area (Å²) in [6.45, 7) is 0. The van der Waals surface area contributed by atoms with Crippen molar-refractivity contribution in [2.75, 3.05) is 0 Å². The van der Waals surface area contributed by atoms with E-state index in [0.717, 1.165) is 6.29 Å². The van der Waals surface area contributed by atoms with Crippen LogP contribution in [0.3, 0.4) is 0 Å². The Morgan fingerprint density at radius 3 is 2.22 bits per heavy atom. The van der Waals surface area contributed by atoms with Gasteiger partial charge in [-0.05, 0) is 35.9 Å². The predicted molar refractivity (Wildman–Crippen MR) is 77.3 cm³/mol. The van der Waals surface area contributed by atoms with Gasteiger partial charge in [-0.1, -0.05) is 46.4 Å². The molecule has 1 nitrogen and oxygen atoms in total. The number of rotatable bonds is 2. The lowest BCUT2D eigenvalue weighted by Crippen LogP contribution is -1.90. The fourth-order valence-corrected chi connectivity index (χ4v) is 2.53. The van der Waals surface area contributed by atoms with Crippen LogP contribution in [0.5, 0.6) is 0 Å². The lowest BCUT2D eigenvalue weighted by atomic mass is 10.0. The zero-order valence-electron chi connectivity index (χ0n) is 8.88. The van der Waals surface area contributed by atoms with E-state index in [2.05, 4.69) is 0 Å². The second kappa shape index (κ2) is 5.50. The highest BCUT2D eigenvalue weighted by Gasteiger charge is 2.15. The van der Waals surface area contributed by atoms with E-state index in [4.69, 9.17) is 46.4 Å². The molecule has 2 aromatic rings. The average Bonchev–Trinajstić information content (AvgIpc) is 2.35. The Morgan fingerprint density at radius 2 is 1.56 bits per heavy atom. The number of carbonyl (C=O) groups excluding carboxylic acids is 1. The Kier molecular flexibility index (Phi) is 4.18. The number of halogens is 4. The van der Waals surface area contributed by atoms with Crippen molar-refractivity contribution in [3.63, 3.8) is 0 Å². The summed E-state index contributed by atoms with van der Waals surface area (Å²) in [5.74, 6) is 0. The number of aldehydes is 1. The molecule has 0 aromatic heterocycles. The molecule has 0 aliphatic carbocycles. The summed E-state index contributed by atoms with van der Waals surface area (Å²) in [5.41, 5.74) is 1.52. The molecule has 0 aliphatic rings. The van der Waals surface area contributed by atoms with Gasteiger partial charge < -0.3 is 0 Å². The fraction of sp³-hybridized carbons (Fsp3) is 0. The monoisotopic (exact) mass is 318 g/mol. The van der Waals surface area contributed by atoms with Crippen LogP contribution in [0.1, 0.15) is 10.4 Å². The van der Waals surface area contributed by atoms with E-state index in [1.807, 2.05) is 0 Å². The first-order valence-corrected chi connectivity index (χ1v) is 6.44. The third kappa shape index (κ3) is 2.50. The van der Waals surface area contributed by atoms with Crippen LogP contribution in [0.25, 0.3) is 11.1 Å². The Labute approximate surface area is 124 Å². The third-order valence-corrected chi connectivity index (χ3v) is 3.81. The smallest absolute Gasteiger partial charge is 0.150 e. The van der Waals surface area contributed by atoms with Crippen LogP contribution in [0.15, 0.2) is 30.3 Å². The van der Waals surface area contributed by atoms with Crippen molar-refractivity contribution in [2.24, 2.45) is 0 Å². The van der Waals surface area contributed by atoms with Gasteiger partial charge in [0.1, 0.15) is 0 Å². The molecule has 0 saturated carbocycles. The van der Waals surface area contributed by atoms with E-state index in [0.29, 0.717) is 36.8 Å². The molecule has 0 atom stereocenters. The molecule has 0 bridgehead atoms. The van der Waals surface area contributed by atoms with E-state index in [1.165, 1.54) is 0 Å². The van der Waals surface area contributed by atoms with Gasteiger partial charge >= 0.3 is 0 Å². The van der Waals surface area contributed by atoms with Crippen molar-refractivity contribution >= 4 is 52.7 Å². The van der Waals surface area contributed by atoms with Gasteiger partial charge in [-0.2, -0.15) is 0 Å². The lowest BCUT2D eigenvalue weighted by Gasteiger charge is -2.11. The Balaban J connectivity index is 2.80. The van der Waals surface area contributed by atoms with Crippen LogP contribution < -0.4 is 0 Å². The highest BCUT2D eigenvalue weighted by atomic mass is 35.5. The third-order valence-electron chi connectivity index (χ3n) is 2.46. The van der Waals surface area contributed by atoms with E-state index < -0.39 is 0 Å². The molecule has 0 unspecified atom stereocenters. The fourth-order valence-electron chi connectivity index (χ4n) is 1.62. The minimum atomic E-state index is 0.300. The summed E-state index contributed by atoms with van der Waals surface area (Å²) in [5, 5.41) is 1.57. The first kappa shape index (κ1) is 13.7. The van der Waals surface area contributed by atoms with Crippen molar-refractivity contribution in [2.45, 2.75) is 0 Å². The van der Waals surface area contributed by atoms with Crippen LogP contribution in [0.4, 0.5) is 0 Å². The summed E-state index contributed by atoms with van der Waals surface area (Å²) < 4.78 is 0. The van der Waals surface area contributed by atoms with Crippen molar-refractivity contribution in [3.05, 3.63) is 56.0 Å². The van der Waals surface area contributed by atoms with E-state index >= 15 is 0 Å². The molecule has 0 heterocycles. The Hall–Kier alpha value is -0.730. The first-order valence-electron chi connectivity index (χ1n) is 4.93. The van der Waals surface area contributed by atoms with Crippen molar-refractivity contribution in [1.82, 2.24) is 0 Å². The molecular weight excluding hydrogens is 314 g/mol. The molecule has 0 amide bonds. The SMILES string of the molecule is O=Cc1ccc(Cl)cc1-c1c(Cl)ccc(Cl)c1Cl. The molecule has 0 aliphatic heterocycles. The Bertz CT molecular complexity index is 623. The topological polar surface area (TPSA) is 17.1 Å². The Morgan fingerprint density at radius 1 is 0.889 bits per heavy atom. The second-order valence-electron chi connectivity index (χ2n) is 3.57. The zero-order valence-corrected chi connectivity index (χ0v) is 11.9. The van der Waals surface area contributed by atoms with Crippen molar-refractivity contribution in [3.8, 4) is 11.1 Å². The maximum Gasteiger partial charge on any atom is 0.150 e. The summed E-state index contributed by atoms with van der Waals surface area (Å²) in [6, 6.07) is 8.09. The van der Waals surface area contributed by atoms with Gasteiger partial charge in [-0.25, -0.2) is 0 Å². The molecule has 2 aromatic carbocycles. The molecule has 0 radical (unpaired) electrons. The summed E-state index contributed by atoms with van der Waals surface area (Å²) in [6.07, 6.45) is 0.721. The van der Waals surface area contributed by atoms with Gasteiger partial charge in [0.2, 0.25) is 0 Å². The summed E-state index contributed by atoms with van der Waals surface area (Å²) in [7, 11) is 0. The second-order valence-corrected chi connectivity index (χ2v) is 5.20. The molecule has 18 heavy (non-hydrogen) atoms. The maximum atomic E-state index is 11.1.